The van der Waals surface area contributed by atoms with Crippen LogP contribution in [0.3, 0.4) is 0 Å². The van der Waals surface area contributed by atoms with Gasteiger partial charge >= 0.3 is 0 Å². The molecule has 3 aromatic heterocycles. The number of primary amides is 1. The fourth-order valence-corrected chi connectivity index (χ4v) is 4.27. The second kappa shape index (κ2) is 9.06. The van der Waals surface area contributed by atoms with Crippen LogP contribution in [0.15, 0.2) is 55.0 Å². The van der Waals surface area contributed by atoms with Gasteiger partial charge in [-0.2, -0.15) is 5.10 Å². The molecule has 0 spiro atoms. The van der Waals surface area contributed by atoms with Gasteiger partial charge in [0.25, 0.3) is 5.91 Å². The topological polar surface area (TPSA) is 137 Å². The Kier molecular flexibility index (Phi) is 5.81. The first-order valence-corrected chi connectivity index (χ1v) is 11.2. The lowest BCUT2D eigenvalue weighted by atomic mass is 9.91. The molecule has 174 valence electrons. The number of fused-ring (bicyclic) bond motifs is 1. The maximum atomic E-state index is 14.8. The molecule has 3 heterocycles. The van der Waals surface area contributed by atoms with Gasteiger partial charge in [0.1, 0.15) is 5.82 Å². The molecule has 1 aliphatic rings. The van der Waals surface area contributed by atoms with Crippen LogP contribution in [0, 0.1) is 5.82 Å². The lowest BCUT2D eigenvalue weighted by Gasteiger charge is -2.30. The lowest BCUT2D eigenvalue weighted by Crippen LogP contribution is -2.43. The van der Waals surface area contributed by atoms with Crippen molar-refractivity contribution in [2.24, 2.45) is 11.5 Å². The van der Waals surface area contributed by atoms with E-state index in [1.54, 1.807) is 17.1 Å². The van der Waals surface area contributed by atoms with Crippen molar-refractivity contribution in [3.05, 3.63) is 66.4 Å². The molecule has 0 radical (unpaired) electrons. The van der Waals surface area contributed by atoms with Crippen LogP contribution in [-0.4, -0.2) is 37.7 Å². The zero-order valence-electron chi connectivity index (χ0n) is 18.4. The van der Waals surface area contributed by atoms with Crippen molar-refractivity contribution in [2.45, 2.75) is 37.8 Å². The number of halogens is 1. The van der Waals surface area contributed by atoms with Crippen LogP contribution in [0.4, 0.5) is 21.7 Å². The molecule has 34 heavy (non-hydrogen) atoms. The molecular formula is C24H25FN8O. The maximum absolute atomic E-state index is 14.8. The third-order valence-electron chi connectivity index (χ3n) is 6.08. The van der Waals surface area contributed by atoms with Gasteiger partial charge in [-0.15, -0.1) is 0 Å². The van der Waals surface area contributed by atoms with E-state index in [2.05, 4.69) is 25.7 Å². The SMILES string of the molecule is NC(=O)c1cc(F)c(NC2CCCCC2N)nc1Nc1cnc2cc(-n3cccn3)ccc2c1. The Morgan fingerprint density at radius 3 is 2.76 bits per heavy atom. The molecule has 1 saturated carbocycles. The quantitative estimate of drug-likeness (QED) is 0.346. The molecule has 0 bridgehead atoms. The summed E-state index contributed by atoms with van der Waals surface area (Å²) in [6.45, 7) is 0. The number of hydrogen-bond acceptors (Lipinski definition) is 7. The zero-order valence-corrected chi connectivity index (χ0v) is 18.4. The fraction of sp³-hybridized carbons (Fsp3) is 0.250. The first-order chi connectivity index (χ1) is 16.5. The third-order valence-corrected chi connectivity index (χ3v) is 6.08. The van der Waals surface area contributed by atoms with Crippen molar-refractivity contribution >= 4 is 34.1 Å². The number of nitrogens with two attached hydrogens (primary N) is 2. The molecule has 1 aliphatic carbocycles. The Labute approximate surface area is 195 Å². The summed E-state index contributed by atoms with van der Waals surface area (Å²) in [6.07, 6.45) is 8.96. The van der Waals surface area contributed by atoms with Crippen molar-refractivity contribution in [2.75, 3.05) is 10.6 Å². The summed E-state index contributed by atoms with van der Waals surface area (Å²) < 4.78 is 16.5. The van der Waals surface area contributed by atoms with Crippen LogP contribution in [0.5, 0.6) is 0 Å². The molecule has 10 heteroatoms. The van der Waals surface area contributed by atoms with Crippen LogP contribution >= 0.6 is 0 Å². The summed E-state index contributed by atoms with van der Waals surface area (Å²) in [4.78, 5) is 20.9. The number of nitrogens with zero attached hydrogens (tertiary/aromatic N) is 4. The van der Waals surface area contributed by atoms with Crippen molar-refractivity contribution in [1.29, 1.82) is 0 Å². The highest BCUT2D eigenvalue weighted by Crippen LogP contribution is 2.28. The van der Waals surface area contributed by atoms with E-state index in [4.69, 9.17) is 11.5 Å². The monoisotopic (exact) mass is 460 g/mol. The van der Waals surface area contributed by atoms with Gasteiger partial charge in [-0.25, -0.2) is 14.1 Å². The number of benzene rings is 1. The predicted octanol–water partition coefficient (Wildman–Crippen LogP) is 3.48. The van der Waals surface area contributed by atoms with Gasteiger partial charge in [0.2, 0.25) is 0 Å². The van der Waals surface area contributed by atoms with E-state index in [9.17, 15) is 9.18 Å². The van der Waals surface area contributed by atoms with Crippen LogP contribution in [0.1, 0.15) is 36.0 Å². The van der Waals surface area contributed by atoms with Gasteiger partial charge in [-0.3, -0.25) is 9.78 Å². The van der Waals surface area contributed by atoms with E-state index in [1.807, 2.05) is 36.5 Å². The minimum absolute atomic E-state index is 0.0347. The number of carbonyl (C=O) groups is 1. The highest BCUT2D eigenvalue weighted by Gasteiger charge is 2.24. The molecule has 1 fully saturated rings. The summed E-state index contributed by atoms with van der Waals surface area (Å²) in [6, 6.07) is 10.4. The number of nitrogens with one attached hydrogen (secondary N) is 2. The Hall–Kier alpha value is -4.05. The summed E-state index contributed by atoms with van der Waals surface area (Å²) in [7, 11) is 0. The molecule has 1 aromatic carbocycles. The lowest BCUT2D eigenvalue weighted by molar-refractivity contribution is 0.100. The average Bonchev–Trinajstić information content (AvgIpc) is 3.37. The number of carbonyl (C=O) groups excluding carboxylic acids is 1. The van der Waals surface area contributed by atoms with Gasteiger partial charge in [-0.05, 0) is 43.2 Å². The van der Waals surface area contributed by atoms with Crippen LogP contribution < -0.4 is 22.1 Å². The van der Waals surface area contributed by atoms with E-state index in [0.29, 0.717) is 5.69 Å². The Balaban J connectivity index is 1.45. The molecule has 4 aromatic rings. The zero-order chi connectivity index (χ0) is 23.7. The van der Waals surface area contributed by atoms with Crippen LogP contribution in [-0.2, 0) is 0 Å². The molecule has 1 amide bonds. The van der Waals surface area contributed by atoms with Crippen molar-refractivity contribution in [1.82, 2.24) is 19.7 Å². The molecule has 6 N–H and O–H groups in total. The van der Waals surface area contributed by atoms with Crippen LogP contribution in [0.25, 0.3) is 16.6 Å². The second-order valence-corrected chi connectivity index (χ2v) is 8.45. The molecule has 5 rings (SSSR count). The average molecular weight is 461 g/mol. The second-order valence-electron chi connectivity index (χ2n) is 8.45. The van der Waals surface area contributed by atoms with Crippen molar-refractivity contribution in [3.63, 3.8) is 0 Å². The Morgan fingerprint density at radius 1 is 1.15 bits per heavy atom. The number of aromatic nitrogens is 4. The minimum atomic E-state index is -0.785. The molecule has 2 atom stereocenters. The van der Waals surface area contributed by atoms with E-state index < -0.39 is 11.7 Å². The highest BCUT2D eigenvalue weighted by molar-refractivity contribution is 5.99. The summed E-state index contributed by atoms with van der Waals surface area (Å²) in [5, 5.41) is 11.3. The number of rotatable bonds is 6. The molecule has 0 saturated heterocycles. The van der Waals surface area contributed by atoms with Gasteiger partial charge < -0.3 is 22.1 Å². The van der Waals surface area contributed by atoms with Crippen molar-refractivity contribution < 1.29 is 9.18 Å². The number of hydrogen-bond donors (Lipinski definition) is 4. The van der Waals surface area contributed by atoms with Gasteiger partial charge in [-0.1, -0.05) is 18.9 Å². The maximum Gasteiger partial charge on any atom is 0.252 e. The first kappa shape index (κ1) is 21.8. The van der Waals surface area contributed by atoms with Crippen molar-refractivity contribution in [3.8, 4) is 5.69 Å². The van der Waals surface area contributed by atoms with Gasteiger partial charge in [0, 0.05) is 29.9 Å². The van der Waals surface area contributed by atoms with E-state index in [-0.39, 0.29) is 29.3 Å². The van der Waals surface area contributed by atoms with Gasteiger partial charge in [0.05, 0.1) is 28.7 Å². The number of anilines is 3. The molecule has 2 unspecified atom stereocenters. The number of pyridine rings is 2. The Bertz CT molecular complexity index is 1340. The highest BCUT2D eigenvalue weighted by atomic mass is 19.1. The smallest absolute Gasteiger partial charge is 0.252 e. The van der Waals surface area contributed by atoms with E-state index >= 15 is 0 Å². The molecular weight excluding hydrogens is 435 g/mol. The first-order valence-electron chi connectivity index (χ1n) is 11.2. The van der Waals surface area contributed by atoms with Crippen LogP contribution in [0.2, 0.25) is 0 Å². The third kappa shape index (κ3) is 4.40. The Morgan fingerprint density at radius 2 is 2.00 bits per heavy atom. The standard InChI is InChI=1S/C24H25FN8O/c25-18-12-17(22(27)34)23(32-24(18)31-20-5-2-1-4-19(20)26)30-15-10-14-6-7-16(11-21(14)28-13-15)33-9-3-8-29-33/h3,6-13,19-20H,1-2,4-5,26H2,(H2,27,34)(H2,30,31,32). The summed E-state index contributed by atoms with van der Waals surface area (Å²) in [5.41, 5.74) is 13.9. The summed E-state index contributed by atoms with van der Waals surface area (Å²) >= 11 is 0. The minimum Gasteiger partial charge on any atom is -0.365 e. The summed E-state index contributed by atoms with van der Waals surface area (Å²) in [5.74, 6) is -1.25. The molecule has 0 aliphatic heterocycles. The van der Waals surface area contributed by atoms with E-state index in [0.717, 1.165) is 48.3 Å². The largest absolute Gasteiger partial charge is 0.365 e. The van der Waals surface area contributed by atoms with Gasteiger partial charge in [0.15, 0.2) is 11.6 Å². The normalized spacial score (nSPS) is 18.1. The predicted molar refractivity (Wildman–Crippen MR) is 129 cm³/mol. The molecule has 9 nitrogen and oxygen atoms in total. The van der Waals surface area contributed by atoms with E-state index in [1.165, 1.54) is 0 Å². The fourth-order valence-electron chi connectivity index (χ4n) is 4.27. The number of amides is 1.